The normalized spacial score (nSPS) is 18.7. The van der Waals surface area contributed by atoms with Crippen molar-refractivity contribution >= 4 is 26.7 Å². The van der Waals surface area contributed by atoms with Gasteiger partial charge in [-0.2, -0.15) is 0 Å². The summed E-state index contributed by atoms with van der Waals surface area (Å²) in [4.78, 5) is 22.3. The highest BCUT2D eigenvalue weighted by atomic mass is 32.2. The summed E-state index contributed by atoms with van der Waals surface area (Å²) in [5.74, 6) is 0.626. The third kappa shape index (κ3) is 3.81. The van der Waals surface area contributed by atoms with Gasteiger partial charge in [-0.05, 0) is 24.6 Å². The van der Waals surface area contributed by atoms with Crippen LogP contribution in [0.1, 0.15) is 18.5 Å². The summed E-state index contributed by atoms with van der Waals surface area (Å²) in [5.41, 5.74) is 3.06. The zero-order chi connectivity index (χ0) is 19.7. The van der Waals surface area contributed by atoms with Crippen LogP contribution in [0.2, 0.25) is 0 Å². The van der Waals surface area contributed by atoms with Crippen molar-refractivity contribution in [3.63, 3.8) is 0 Å². The highest BCUT2D eigenvalue weighted by Gasteiger charge is 2.23. The SMILES string of the molecule is CC(c1ccc2nccnc2c1)N1CCN(c2ncc(S(C)(=N)=O)cn2)CC1. The Morgan fingerprint density at radius 3 is 2.29 bits per heavy atom. The molecule has 9 heteroatoms. The van der Waals surface area contributed by atoms with E-state index in [1.165, 1.54) is 24.2 Å². The molecular weight excluding hydrogens is 374 g/mol. The van der Waals surface area contributed by atoms with Gasteiger partial charge in [0.2, 0.25) is 5.95 Å². The molecule has 3 aromatic rings. The van der Waals surface area contributed by atoms with Crippen LogP contribution in [0.4, 0.5) is 5.95 Å². The highest BCUT2D eigenvalue weighted by molar-refractivity contribution is 7.91. The van der Waals surface area contributed by atoms with Gasteiger partial charge < -0.3 is 4.90 Å². The molecule has 1 fully saturated rings. The molecule has 28 heavy (non-hydrogen) atoms. The molecule has 1 saturated heterocycles. The predicted octanol–water partition coefficient (Wildman–Crippen LogP) is 2.34. The zero-order valence-corrected chi connectivity index (χ0v) is 16.8. The average Bonchev–Trinajstić information content (AvgIpc) is 2.72. The van der Waals surface area contributed by atoms with Gasteiger partial charge in [-0.3, -0.25) is 14.9 Å². The van der Waals surface area contributed by atoms with Crippen LogP contribution in [0.3, 0.4) is 0 Å². The molecule has 0 radical (unpaired) electrons. The number of fused-ring (bicyclic) bond motifs is 1. The summed E-state index contributed by atoms with van der Waals surface area (Å²) < 4.78 is 19.4. The van der Waals surface area contributed by atoms with Crippen molar-refractivity contribution in [2.24, 2.45) is 0 Å². The number of rotatable bonds is 4. The molecule has 8 nitrogen and oxygen atoms in total. The Morgan fingerprint density at radius 2 is 1.64 bits per heavy atom. The quantitative estimate of drug-likeness (QED) is 0.721. The van der Waals surface area contributed by atoms with Crippen LogP contribution in [0.25, 0.3) is 11.0 Å². The molecule has 1 N–H and O–H groups in total. The average molecular weight is 398 g/mol. The summed E-state index contributed by atoms with van der Waals surface area (Å²) in [7, 11) is -2.78. The lowest BCUT2D eigenvalue weighted by Gasteiger charge is -2.38. The van der Waals surface area contributed by atoms with E-state index < -0.39 is 9.73 Å². The number of hydrogen-bond acceptors (Lipinski definition) is 8. The largest absolute Gasteiger partial charge is 0.338 e. The second-order valence-electron chi connectivity index (χ2n) is 7.07. The van der Waals surface area contributed by atoms with Crippen LogP contribution in [0.15, 0.2) is 47.9 Å². The lowest BCUT2D eigenvalue weighted by Crippen LogP contribution is -2.47. The smallest absolute Gasteiger partial charge is 0.225 e. The zero-order valence-electron chi connectivity index (χ0n) is 15.9. The minimum Gasteiger partial charge on any atom is -0.338 e. The van der Waals surface area contributed by atoms with Crippen molar-refractivity contribution in [3.05, 3.63) is 48.5 Å². The maximum absolute atomic E-state index is 11.8. The molecule has 2 aromatic heterocycles. The van der Waals surface area contributed by atoms with E-state index >= 15 is 0 Å². The van der Waals surface area contributed by atoms with Gasteiger partial charge in [0.25, 0.3) is 0 Å². The molecule has 2 atom stereocenters. The Morgan fingerprint density at radius 1 is 1.00 bits per heavy atom. The minimum atomic E-state index is -2.78. The van der Waals surface area contributed by atoms with Gasteiger partial charge >= 0.3 is 0 Å². The Labute approximate surface area is 164 Å². The molecule has 1 aliphatic heterocycles. The third-order valence-corrected chi connectivity index (χ3v) is 6.30. The Kier molecular flexibility index (Phi) is 4.94. The van der Waals surface area contributed by atoms with E-state index in [1.807, 2.05) is 6.07 Å². The van der Waals surface area contributed by atoms with Gasteiger partial charge in [-0.1, -0.05) is 6.07 Å². The van der Waals surface area contributed by atoms with Crippen LogP contribution in [-0.2, 0) is 9.73 Å². The predicted molar refractivity (Wildman–Crippen MR) is 109 cm³/mol. The first-order valence-electron chi connectivity index (χ1n) is 9.17. The summed E-state index contributed by atoms with van der Waals surface area (Å²) in [6.07, 6.45) is 7.82. The number of anilines is 1. The van der Waals surface area contributed by atoms with Crippen molar-refractivity contribution in [3.8, 4) is 0 Å². The monoisotopic (exact) mass is 397 g/mol. The van der Waals surface area contributed by atoms with Gasteiger partial charge in [0.05, 0.1) is 25.7 Å². The number of aromatic nitrogens is 4. The summed E-state index contributed by atoms with van der Waals surface area (Å²) in [6, 6.07) is 6.55. The fourth-order valence-corrected chi connectivity index (χ4v) is 3.94. The molecular formula is C19H23N7OS. The number of piperazine rings is 1. The van der Waals surface area contributed by atoms with E-state index in [4.69, 9.17) is 4.78 Å². The molecule has 146 valence electrons. The first-order valence-corrected chi connectivity index (χ1v) is 11.1. The van der Waals surface area contributed by atoms with Crippen molar-refractivity contribution < 1.29 is 4.21 Å². The summed E-state index contributed by atoms with van der Waals surface area (Å²) in [6.45, 7) is 5.64. The number of benzene rings is 1. The summed E-state index contributed by atoms with van der Waals surface area (Å²) >= 11 is 0. The van der Waals surface area contributed by atoms with Gasteiger partial charge in [0.15, 0.2) is 0 Å². The number of nitrogens with one attached hydrogen (secondary N) is 1. The van der Waals surface area contributed by atoms with E-state index in [0.29, 0.717) is 10.8 Å². The van der Waals surface area contributed by atoms with Gasteiger partial charge in [-0.15, -0.1) is 0 Å². The van der Waals surface area contributed by atoms with Crippen molar-refractivity contribution in [1.29, 1.82) is 4.78 Å². The molecule has 3 heterocycles. The third-order valence-electron chi connectivity index (χ3n) is 5.18. The van der Waals surface area contributed by atoms with Crippen LogP contribution < -0.4 is 4.90 Å². The minimum absolute atomic E-state index is 0.282. The van der Waals surface area contributed by atoms with E-state index in [0.717, 1.165) is 37.2 Å². The standard InChI is InChI=1S/C19H23N7OS/c1-14(15-3-4-17-18(11-15)22-6-5-21-17)25-7-9-26(10-8-25)19-23-12-16(13-24-19)28(2,20)27/h3-6,11-14,20H,7-10H2,1-2H3. The van der Waals surface area contributed by atoms with Crippen molar-refractivity contribution in [1.82, 2.24) is 24.8 Å². The van der Waals surface area contributed by atoms with E-state index in [2.05, 4.69) is 48.8 Å². The Balaban J connectivity index is 1.43. The molecule has 0 spiro atoms. The van der Waals surface area contributed by atoms with Crippen LogP contribution in [-0.4, -0.2) is 61.5 Å². The number of nitrogens with zero attached hydrogens (tertiary/aromatic N) is 6. The van der Waals surface area contributed by atoms with E-state index in [1.54, 1.807) is 12.4 Å². The molecule has 0 aliphatic carbocycles. The molecule has 0 bridgehead atoms. The highest BCUT2D eigenvalue weighted by Crippen LogP contribution is 2.24. The van der Waals surface area contributed by atoms with E-state index in [-0.39, 0.29) is 6.04 Å². The molecule has 0 saturated carbocycles. The second-order valence-corrected chi connectivity index (χ2v) is 9.22. The maximum atomic E-state index is 11.8. The van der Waals surface area contributed by atoms with Crippen LogP contribution >= 0.6 is 0 Å². The Hall–Kier alpha value is -2.65. The second kappa shape index (κ2) is 7.40. The van der Waals surface area contributed by atoms with Crippen molar-refractivity contribution in [2.75, 3.05) is 37.3 Å². The molecule has 1 aromatic carbocycles. The molecule has 0 amide bonds. The van der Waals surface area contributed by atoms with Gasteiger partial charge in [0, 0.05) is 63.3 Å². The fraction of sp³-hybridized carbons (Fsp3) is 0.368. The maximum Gasteiger partial charge on any atom is 0.225 e. The lowest BCUT2D eigenvalue weighted by atomic mass is 10.1. The topological polar surface area (TPSA) is 99.0 Å². The van der Waals surface area contributed by atoms with Crippen molar-refractivity contribution in [2.45, 2.75) is 17.9 Å². The first kappa shape index (κ1) is 18.7. The van der Waals surface area contributed by atoms with Crippen LogP contribution in [0.5, 0.6) is 0 Å². The Bertz CT molecular complexity index is 1080. The fourth-order valence-electron chi connectivity index (χ4n) is 3.43. The lowest BCUT2D eigenvalue weighted by molar-refractivity contribution is 0.198. The van der Waals surface area contributed by atoms with Crippen LogP contribution in [0, 0.1) is 4.78 Å². The molecule has 1 aliphatic rings. The number of hydrogen-bond donors (Lipinski definition) is 1. The van der Waals surface area contributed by atoms with E-state index in [9.17, 15) is 4.21 Å². The van der Waals surface area contributed by atoms with Gasteiger partial charge in [0.1, 0.15) is 0 Å². The van der Waals surface area contributed by atoms with Gasteiger partial charge in [-0.25, -0.2) is 19.0 Å². The molecule has 4 rings (SSSR count). The summed E-state index contributed by atoms with van der Waals surface area (Å²) in [5, 5.41) is 0. The first-order chi connectivity index (χ1) is 13.4. The molecule has 2 unspecified atom stereocenters.